The van der Waals surface area contributed by atoms with Gasteiger partial charge in [-0.15, -0.1) is 0 Å². The summed E-state index contributed by atoms with van der Waals surface area (Å²) in [5, 5.41) is 8.86. The summed E-state index contributed by atoms with van der Waals surface area (Å²) in [4.78, 5) is 0. The van der Waals surface area contributed by atoms with Gasteiger partial charge >= 0.3 is 0 Å². The lowest BCUT2D eigenvalue weighted by molar-refractivity contribution is 0.0361. The molecule has 3 aliphatic rings. The molecule has 4 rings (SSSR count). The average Bonchev–Trinajstić information content (AvgIpc) is 3.16. The average molecular weight is 355 g/mol. The molecule has 3 nitrogen and oxygen atoms in total. The number of fused-ring (bicyclic) bond motifs is 1. The number of benzene rings is 1. The lowest BCUT2D eigenvalue weighted by Crippen LogP contribution is -2.45. The Balaban J connectivity index is 1.49. The standard InChI is InChI=1S/C18H24Cl2N2O/c19-13-9-12-1-2-15(17(12)14(20)10-13)22-16-5-8-23-18(16)11-3-6-21-7-4-11/h9-11,15-16,18,21-22H,1-8H2/t15?,16-,18+/m1/s1. The number of rotatable bonds is 3. The van der Waals surface area contributed by atoms with E-state index in [1.807, 2.05) is 6.07 Å². The molecule has 1 aromatic carbocycles. The predicted octanol–water partition coefficient (Wildman–Crippen LogP) is 3.73. The Hall–Kier alpha value is -0.320. The maximum atomic E-state index is 6.48. The third kappa shape index (κ3) is 3.27. The van der Waals surface area contributed by atoms with Crippen molar-refractivity contribution in [1.82, 2.24) is 10.6 Å². The fraction of sp³-hybridized carbons (Fsp3) is 0.667. The van der Waals surface area contributed by atoms with Crippen LogP contribution < -0.4 is 10.6 Å². The zero-order valence-electron chi connectivity index (χ0n) is 13.3. The van der Waals surface area contributed by atoms with Crippen LogP contribution in [0.2, 0.25) is 10.0 Å². The summed E-state index contributed by atoms with van der Waals surface area (Å²) < 4.78 is 6.11. The van der Waals surface area contributed by atoms with E-state index in [0.717, 1.165) is 49.0 Å². The normalized spacial score (nSPS) is 31.5. The van der Waals surface area contributed by atoms with Gasteiger partial charge in [0, 0.05) is 28.7 Å². The summed E-state index contributed by atoms with van der Waals surface area (Å²) in [6.45, 7) is 3.11. The van der Waals surface area contributed by atoms with Crippen molar-refractivity contribution in [3.05, 3.63) is 33.3 Å². The van der Waals surface area contributed by atoms with Crippen LogP contribution in [-0.2, 0) is 11.2 Å². The lowest BCUT2D eigenvalue weighted by Gasteiger charge is -2.33. The summed E-state index contributed by atoms with van der Waals surface area (Å²) in [7, 11) is 0. The fourth-order valence-corrected chi connectivity index (χ4v) is 5.20. The second kappa shape index (κ2) is 6.89. The van der Waals surface area contributed by atoms with Gasteiger partial charge in [-0.25, -0.2) is 0 Å². The van der Waals surface area contributed by atoms with E-state index in [0.29, 0.717) is 24.1 Å². The molecular formula is C18H24Cl2N2O. The van der Waals surface area contributed by atoms with E-state index in [1.54, 1.807) is 0 Å². The van der Waals surface area contributed by atoms with E-state index in [9.17, 15) is 0 Å². The fourth-order valence-electron chi connectivity index (χ4n) is 4.53. The molecule has 0 saturated carbocycles. The van der Waals surface area contributed by atoms with Gasteiger partial charge in [0.2, 0.25) is 0 Å². The number of ether oxygens (including phenoxy) is 1. The summed E-state index contributed by atoms with van der Waals surface area (Å²) in [6, 6.07) is 4.73. The Labute approximate surface area is 148 Å². The van der Waals surface area contributed by atoms with Gasteiger partial charge in [0.05, 0.1) is 6.10 Å². The monoisotopic (exact) mass is 354 g/mol. The lowest BCUT2D eigenvalue weighted by atomic mass is 9.87. The molecule has 2 fully saturated rings. The Morgan fingerprint density at radius 2 is 1.91 bits per heavy atom. The van der Waals surface area contributed by atoms with Crippen molar-refractivity contribution >= 4 is 23.2 Å². The van der Waals surface area contributed by atoms with Crippen LogP contribution in [0.25, 0.3) is 0 Å². The van der Waals surface area contributed by atoms with Crippen molar-refractivity contribution in [1.29, 1.82) is 0 Å². The highest BCUT2D eigenvalue weighted by atomic mass is 35.5. The number of hydrogen-bond acceptors (Lipinski definition) is 3. The number of halogens is 2. The molecule has 126 valence electrons. The van der Waals surface area contributed by atoms with Crippen molar-refractivity contribution in [2.24, 2.45) is 5.92 Å². The molecule has 3 atom stereocenters. The molecule has 2 N–H and O–H groups in total. The van der Waals surface area contributed by atoms with Gasteiger partial charge in [-0.05, 0) is 74.4 Å². The third-order valence-corrected chi connectivity index (χ3v) is 6.16. The topological polar surface area (TPSA) is 33.3 Å². The van der Waals surface area contributed by atoms with E-state index in [2.05, 4.69) is 16.7 Å². The van der Waals surface area contributed by atoms with E-state index in [-0.39, 0.29) is 0 Å². The van der Waals surface area contributed by atoms with Crippen molar-refractivity contribution < 1.29 is 4.74 Å². The first kappa shape index (κ1) is 16.2. The molecule has 0 amide bonds. The zero-order chi connectivity index (χ0) is 15.8. The van der Waals surface area contributed by atoms with Crippen LogP contribution in [0.15, 0.2) is 12.1 Å². The molecule has 0 spiro atoms. The molecule has 0 aromatic heterocycles. The molecule has 1 unspecified atom stereocenters. The van der Waals surface area contributed by atoms with Crippen LogP contribution in [-0.4, -0.2) is 31.8 Å². The predicted molar refractivity (Wildman–Crippen MR) is 94.4 cm³/mol. The summed E-state index contributed by atoms with van der Waals surface area (Å²) in [6.07, 6.45) is 6.06. The van der Waals surface area contributed by atoms with Gasteiger partial charge in [-0.3, -0.25) is 0 Å². The third-order valence-electron chi connectivity index (χ3n) is 5.63. The van der Waals surface area contributed by atoms with Crippen LogP contribution in [0.1, 0.15) is 42.9 Å². The summed E-state index contributed by atoms with van der Waals surface area (Å²) in [5.41, 5.74) is 2.56. The van der Waals surface area contributed by atoms with Gasteiger partial charge in [0.1, 0.15) is 0 Å². The molecule has 23 heavy (non-hydrogen) atoms. The second-order valence-electron chi connectivity index (χ2n) is 7.04. The van der Waals surface area contributed by atoms with Crippen LogP contribution in [0.3, 0.4) is 0 Å². The smallest absolute Gasteiger partial charge is 0.0758 e. The molecule has 0 radical (unpaired) electrons. The number of aryl methyl sites for hydroxylation is 1. The Morgan fingerprint density at radius 3 is 2.74 bits per heavy atom. The highest BCUT2D eigenvalue weighted by molar-refractivity contribution is 6.35. The molecule has 2 saturated heterocycles. The molecule has 0 bridgehead atoms. The van der Waals surface area contributed by atoms with E-state index in [1.165, 1.54) is 24.0 Å². The Morgan fingerprint density at radius 1 is 1.09 bits per heavy atom. The van der Waals surface area contributed by atoms with Crippen LogP contribution in [0.4, 0.5) is 0 Å². The van der Waals surface area contributed by atoms with Gasteiger partial charge in [0.25, 0.3) is 0 Å². The molecule has 1 aliphatic carbocycles. The minimum absolute atomic E-state index is 0.339. The first-order valence-electron chi connectivity index (χ1n) is 8.78. The van der Waals surface area contributed by atoms with E-state index >= 15 is 0 Å². The molecule has 1 aromatic rings. The largest absolute Gasteiger partial charge is 0.376 e. The van der Waals surface area contributed by atoms with E-state index in [4.69, 9.17) is 27.9 Å². The first-order chi connectivity index (χ1) is 11.2. The molecule has 2 aliphatic heterocycles. The van der Waals surface area contributed by atoms with Crippen molar-refractivity contribution in [3.63, 3.8) is 0 Å². The Bertz CT molecular complexity index is 574. The van der Waals surface area contributed by atoms with E-state index < -0.39 is 0 Å². The molecular weight excluding hydrogens is 331 g/mol. The second-order valence-corrected chi connectivity index (χ2v) is 7.88. The summed E-state index contributed by atoms with van der Waals surface area (Å²) in [5.74, 6) is 0.679. The van der Waals surface area contributed by atoms with Gasteiger partial charge in [-0.1, -0.05) is 23.2 Å². The quantitative estimate of drug-likeness (QED) is 0.867. The number of nitrogens with one attached hydrogen (secondary N) is 2. The highest BCUT2D eigenvalue weighted by Crippen LogP contribution is 2.40. The van der Waals surface area contributed by atoms with Crippen LogP contribution in [0.5, 0.6) is 0 Å². The van der Waals surface area contributed by atoms with Crippen LogP contribution >= 0.6 is 23.2 Å². The highest BCUT2D eigenvalue weighted by Gasteiger charge is 2.38. The van der Waals surface area contributed by atoms with Gasteiger partial charge in [-0.2, -0.15) is 0 Å². The summed E-state index contributed by atoms with van der Waals surface area (Å²) >= 11 is 12.6. The van der Waals surface area contributed by atoms with Gasteiger partial charge in [0.15, 0.2) is 0 Å². The first-order valence-corrected chi connectivity index (χ1v) is 9.54. The minimum Gasteiger partial charge on any atom is -0.376 e. The Kier molecular flexibility index (Phi) is 4.84. The zero-order valence-corrected chi connectivity index (χ0v) is 14.8. The minimum atomic E-state index is 0.339. The number of hydrogen-bond donors (Lipinski definition) is 2. The maximum Gasteiger partial charge on any atom is 0.0758 e. The van der Waals surface area contributed by atoms with Crippen molar-refractivity contribution in [2.75, 3.05) is 19.7 Å². The van der Waals surface area contributed by atoms with Crippen molar-refractivity contribution in [2.45, 2.75) is 50.3 Å². The SMILES string of the molecule is Clc1cc(Cl)c2c(c1)CCC2N[C@@H]1CCO[C@H]1C1CCNCC1. The molecule has 2 heterocycles. The van der Waals surface area contributed by atoms with Crippen LogP contribution in [0, 0.1) is 5.92 Å². The molecule has 5 heteroatoms. The maximum absolute atomic E-state index is 6.48. The number of piperidine rings is 1. The van der Waals surface area contributed by atoms with Gasteiger partial charge < -0.3 is 15.4 Å². The van der Waals surface area contributed by atoms with Crippen molar-refractivity contribution in [3.8, 4) is 0 Å².